The summed E-state index contributed by atoms with van der Waals surface area (Å²) in [4.78, 5) is 23.2. The molecule has 8 nitrogen and oxygen atoms in total. The van der Waals surface area contributed by atoms with E-state index in [1.165, 1.54) is 7.05 Å². The van der Waals surface area contributed by atoms with E-state index >= 15 is 0 Å². The van der Waals surface area contributed by atoms with Crippen molar-refractivity contribution in [3.63, 3.8) is 0 Å². The SMILES string of the molecule is B[C@@H]1O[C@H](CC)C(O)[C@@H]1OC[C@H]1O[C@@H](C)CC1OC(=O)CCC(=O)NC. The third kappa shape index (κ3) is 5.42. The first kappa shape index (κ1) is 21.1. The van der Waals surface area contributed by atoms with Gasteiger partial charge in [-0.2, -0.15) is 0 Å². The fourth-order valence-electron chi connectivity index (χ4n) is 3.46. The second-order valence-corrected chi connectivity index (χ2v) is 7.00. The number of rotatable bonds is 8. The molecule has 2 aliphatic heterocycles. The molecule has 1 amide bonds. The van der Waals surface area contributed by atoms with Gasteiger partial charge in [0.15, 0.2) is 0 Å². The molecule has 2 saturated heterocycles. The first-order valence-corrected chi connectivity index (χ1v) is 9.36. The number of aliphatic hydroxyl groups excluding tert-OH is 1. The number of hydrogen-bond donors (Lipinski definition) is 2. The van der Waals surface area contributed by atoms with E-state index in [4.69, 9.17) is 18.9 Å². The first-order valence-electron chi connectivity index (χ1n) is 9.36. The van der Waals surface area contributed by atoms with Gasteiger partial charge in [-0.3, -0.25) is 9.59 Å². The van der Waals surface area contributed by atoms with E-state index in [9.17, 15) is 14.7 Å². The molecular formula is C17H30BNO7. The fourth-order valence-corrected chi connectivity index (χ4v) is 3.46. The van der Waals surface area contributed by atoms with Gasteiger partial charge in [-0.05, 0) is 13.3 Å². The van der Waals surface area contributed by atoms with Crippen LogP contribution in [0.2, 0.25) is 0 Å². The van der Waals surface area contributed by atoms with Crippen molar-refractivity contribution >= 4 is 19.7 Å². The minimum atomic E-state index is -0.678. The third-order valence-electron chi connectivity index (χ3n) is 4.93. The average molecular weight is 371 g/mol. The molecule has 2 unspecified atom stereocenters. The van der Waals surface area contributed by atoms with Gasteiger partial charge in [0.2, 0.25) is 5.91 Å². The molecule has 2 heterocycles. The number of carbonyl (C=O) groups is 2. The van der Waals surface area contributed by atoms with E-state index in [0.717, 1.165) is 0 Å². The maximum atomic E-state index is 12.0. The van der Waals surface area contributed by atoms with Crippen LogP contribution in [0.25, 0.3) is 0 Å². The zero-order chi connectivity index (χ0) is 19.3. The van der Waals surface area contributed by atoms with Crippen molar-refractivity contribution in [3.8, 4) is 0 Å². The highest BCUT2D eigenvalue weighted by molar-refractivity contribution is 6.11. The Morgan fingerprint density at radius 3 is 2.62 bits per heavy atom. The highest BCUT2D eigenvalue weighted by Crippen LogP contribution is 2.28. The molecular weight excluding hydrogens is 341 g/mol. The lowest BCUT2D eigenvalue weighted by Crippen LogP contribution is -2.39. The fraction of sp³-hybridized carbons (Fsp3) is 0.882. The van der Waals surface area contributed by atoms with Crippen LogP contribution >= 0.6 is 0 Å². The van der Waals surface area contributed by atoms with E-state index in [2.05, 4.69) is 5.32 Å². The number of ether oxygens (including phenoxy) is 4. The summed E-state index contributed by atoms with van der Waals surface area (Å²) in [5.74, 6) is -0.627. The Morgan fingerprint density at radius 1 is 1.27 bits per heavy atom. The molecule has 2 N–H and O–H groups in total. The summed E-state index contributed by atoms with van der Waals surface area (Å²) in [5, 5.41) is 12.8. The highest BCUT2D eigenvalue weighted by atomic mass is 16.6. The molecule has 0 radical (unpaired) electrons. The summed E-state index contributed by atoms with van der Waals surface area (Å²) >= 11 is 0. The van der Waals surface area contributed by atoms with Crippen LogP contribution < -0.4 is 5.32 Å². The van der Waals surface area contributed by atoms with Crippen LogP contribution in [0.4, 0.5) is 0 Å². The van der Waals surface area contributed by atoms with Crippen LogP contribution in [0.1, 0.15) is 39.5 Å². The minimum Gasteiger partial charge on any atom is -0.459 e. The molecule has 0 aromatic rings. The lowest BCUT2D eigenvalue weighted by atomic mass is 9.92. The van der Waals surface area contributed by atoms with Gasteiger partial charge in [0.25, 0.3) is 0 Å². The molecule has 2 rings (SSSR count). The molecule has 0 spiro atoms. The Bertz CT molecular complexity index is 492. The van der Waals surface area contributed by atoms with Crippen molar-refractivity contribution in [2.75, 3.05) is 13.7 Å². The Kier molecular flexibility index (Phi) is 7.88. The summed E-state index contributed by atoms with van der Waals surface area (Å²) in [5.41, 5.74) is 0. The lowest BCUT2D eigenvalue weighted by Gasteiger charge is -2.24. The standard InChI is InChI=1S/C17H30BNO7/c1-4-10-15(22)16(17(18)26-10)23-8-12-11(7-9(2)24-12)25-14(21)6-5-13(20)19-3/h9-12,15-17,22H,4-8,18H2,1-3H3,(H,19,20)/t9-,10+,11?,12+,15?,16-,17+/m0/s1. The zero-order valence-electron chi connectivity index (χ0n) is 16.0. The molecule has 2 fully saturated rings. The van der Waals surface area contributed by atoms with Crippen molar-refractivity contribution < 1.29 is 33.6 Å². The summed E-state index contributed by atoms with van der Waals surface area (Å²) in [6.07, 6.45) is -0.768. The number of amides is 1. The quantitative estimate of drug-likeness (QED) is 0.422. The van der Waals surface area contributed by atoms with Crippen LogP contribution in [0, 0.1) is 0 Å². The van der Waals surface area contributed by atoms with Gasteiger partial charge in [0.05, 0.1) is 31.2 Å². The molecule has 2 aliphatic rings. The highest BCUT2D eigenvalue weighted by Gasteiger charge is 2.43. The predicted octanol–water partition coefficient (Wildman–Crippen LogP) is -0.884. The van der Waals surface area contributed by atoms with Gasteiger partial charge in [-0.15, -0.1) is 0 Å². The van der Waals surface area contributed by atoms with Crippen molar-refractivity contribution in [2.45, 2.75) is 82.2 Å². The Labute approximate surface area is 155 Å². The van der Waals surface area contributed by atoms with Gasteiger partial charge in [-0.1, -0.05) is 6.92 Å². The first-order chi connectivity index (χ1) is 12.3. The normalized spacial score (nSPS) is 36.8. The van der Waals surface area contributed by atoms with Crippen molar-refractivity contribution in [1.82, 2.24) is 5.32 Å². The minimum absolute atomic E-state index is 0.0303. The van der Waals surface area contributed by atoms with E-state index in [-0.39, 0.29) is 43.6 Å². The Balaban J connectivity index is 1.83. The van der Waals surface area contributed by atoms with Crippen molar-refractivity contribution in [1.29, 1.82) is 0 Å². The molecule has 0 aromatic heterocycles. The number of aliphatic hydroxyl groups is 1. The molecule has 148 valence electrons. The van der Waals surface area contributed by atoms with Gasteiger partial charge < -0.3 is 29.4 Å². The van der Waals surface area contributed by atoms with Gasteiger partial charge >= 0.3 is 5.97 Å². The monoisotopic (exact) mass is 371 g/mol. The number of esters is 1. The van der Waals surface area contributed by atoms with Crippen molar-refractivity contribution in [3.05, 3.63) is 0 Å². The van der Waals surface area contributed by atoms with Gasteiger partial charge in [0, 0.05) is 19.9 Å². The second-order valence-electron chi connectivity index (χ2n) is 7.00. The summed E-state index contributed by atoms with van der Waals surface area (Å²) < 4.78 is 22.8. The van der Waals surface area contributed by atoms with E-state index < -0.39 is 30.4 Å². The van der Waals surface area contributed by atoms with Gasteiger partial charge in [0.1, 0.15) is 32.3 Å². The maximum Gasteiger partial charge on any atom is 0.306 e. The van der Waals surface area contributed by atoms with Crippen LogP contribution in [0.15, 0.2) is 0 Å². The summed E-state index contributed by atoms with van der Waals surface area (Å²) in [6, 6.07) is -0.206. The second kappa shape index (κ2) is 9.69. The van der Waals surface area contributed by atoms with Crippen LogP contribution in [0.3, 0.4) is 0 Å². The van der Waals surface area contributed by atoms with E-state index in [1.54, 1.807) is 0 Å². The van der Waals surface area contributed by atoms with E-state index in [1.807, 2.05) is 21.7 Å². The third-order valence-corrected chi connectivity index (χ3v) is 4.93. The molecule has 9 heteroatoms. The topological polar surface area (TPSA) is 103 Å². The van der Waals surface area contributed by atoms with E-state index in [0.29, 0.717) is 12.8 Å². The predicted molar refractivity (Wildman–Crippen MR) is 95.4 cm³/mol. The summed E-state index contributed by atoms with van der Waals surface area (Å²) in [7, 11) is 3.40. The molecule has 0 aromatic carbocycles. The largest absolute Gasteiger partial charge is 0.459 e. The molecule has 0 aliphatic carbocycles. The Hall–Kier alpha value is -1.16. The molecule has 0 bridgehead atoms. The smallest absolute Gasteiger partial charge is 0.306 e. The van der Waals surface area contributed by atoms with Crippen LogP contribution in [-0.2, 0) is 28.5 Å². The van der Waals surface area contributed by atoms with Crippen molar-refractivity contribution in [2.24, 2.45) is 0 Å². The Morgan fingerprint density at radius 2 is 2.00 bits per heavy atom. The van der Waals surface area contributed by atoms with Gasteiger partial charge in [-0.25, -0.2) is 0 Å². The zero-order valence-corrected chi connectivity index (χ0v) is 16.0. The molecule has 0 saturated carbocycles. The molecule has 7 atom stereocenters. The van der Waals surface area contributed by atoms with Crippen LogP contribution in [-0.4, -0.2) is 81.1 Å². The number of hydrogen-bond acceptors (Lipinski definition) is 7. The molecule has 26 heavy (non-hydrogen) atoms. The lowest BCUT2D eigenvalue weighted by molar-refractivity contribution is -0.156. The summed E-state index contributed by atoms with van der Waals surface area (Å²) in [6.45, 7) is 4.08. The van der Waals surface area contributed by atoms with Crippen LogP contribution in [0.5, 0.6) is 0 Å². The average Bonchev–Trinajstić information content (AvgIpc) is 3.09. The number of nitrogens with one attached hydrogen (secondary N) is 1. The number of carbonyl (C=O) groups excluding carboxylic acids is 2. The maximum absolute atomic E-state index is 12.0.